The van der Waals surface area contributed by atoms with Gasteiger partial charge in [-0.05, 0) is 20.8 Å². The van der Waals surface area contributed by atoms with Crippen molar-refractivity contribution in [1.82, 2.24) is 0 Å². The van der Waals surface area contributed by atoms with Crippen molar-refractivity contribution in [2.75, 3.05) is 52.9 Å². The molecule has 0 fully saturated rings. The largest absolute Gasteiger partial charge is 0.465 e. The van der Waals surface area contributed by atoms with Gasteiger partial charge in [-0.1, -0.05) is 26.3 Å². The van der Waals surface area contributed by atoms with E-state index in [4.69, 9.17) is 23.7 Å². The monoisotopic (exact) mass is 518 g/mol. The number of carbonyl (C=O) groups excluding carboxylic acids is 4. The van der Waals surface area contributed by atoms with Crippen molar-refractivity contribution in [3.63, 3.8) is 0 Å². The molecule has 0 saturated carbocycles. The predicted molar refractivity (Wildman–Crippen MR) is 129 cm³/mol. The van der Waals surface area contributed by atoms with Crippen LogP contribution in [-0.4, -0.2) is 86.9 Å². The summed E-state index contributed by atoms with van der Waals surface area (Å²) < 4.78 is 26.7. The van der Waals surface area contributed by atoms with Crippen LogP contribution < -0.4 is 0 Å². The average molecular weight is 519 g/mol. The summed E-state index contributed by atoms with van der Waals surface area (Å²) in [5.41, 5.74) is -1.40. The van der Waals surface area contributed by atoms with Gasteiger partial charge in [0.05, 0.1) is 37.3 Å². The smallest absolute Gasteiger partial charge is 0.333 e. The van der Waals surface area contributed by atoms with Gasteiger partial charge in [-0.3, -0.25) is 14.4 Å². The number of allylic oxidation sites excluding steroid dienone is 1. The number of hydrogen-bond acceptors (Lipinski definition) is 11. The molecule has 2 N–H and O–H groups in total. The van der Waals surface area contributed by atoms with E-state index in [0.29, 0.717) is 5.57 Å². The van der Waals surface area contributed by atoms with Gasteiger partial charge in [0.15, 0.2) is 0 Å². The van der Waals surface area contributed by atoms with E-state index in [1.54, 1.807) is 41.5 Å². The quantitative estimate of drug-likeness (QED) is 0.155. The maximum absolute atomic E-state index is 12.3. The summed E-state index contributed by atoms with van der Waals surface area (Å²) in [5, 5.41) is 20.2. The van der Waals surface area contributed by atoms with Crippen LogP contribution in [0.1, 0.15) is 60.8 Å². The number of carbonyl (C=O) groups is 4. The standard InChI is InChI=1S/C25H42O11/c1-7-20(28)33-14-24(10-26,15-34-21(29)8-2)12-32-13-25(11-27,16-35-22(30)9-3)17-36-23(31)19(6)18(4)5/h26-27H,7-17H2,1-6H3. The molecule has 36 heavy (non-hydrogen) atoms. The SMILES string of the molecule is CCC(=O)OCC(CO)(COCC(CO)(COC(=O)CC)COC(=O)C(C)=C(C)C)COC(=O)CC. The fourth-order valence-corrected chi connectivity index (χ4v) is 2.55. The van der Waals surface area contributed by atoms with Crippen LogP contribution in [0.25, 0.3) is 0 Å². The molecule has 0 saturated heterocycles. The molecule has 11 heteroatoms. The molecule has 0 bridgehead atoms. The second-order valence-corrected chi connectivity index (χ2v) is 9.05. The van der Waals surface area contributed by atoms with Crippen LogP contribution in [-0.2, 0) is 42.9 Å². The van der Waals surface area contributed by atoms with Gasteiger partial charge in [-0.25, -0.2) is 4.79 Å². The van der Waals surface area contributed by atoms with Gasteiger partial charge in [-0.15, -0.1) is 0 Å². The zero-order valence-electron chi connectivity index (χ0n) is 22.3. The van der Waals surface area contributed by atoms with Crippen LogP contribution in [0.3, 0.4) is 0 Å². The first-order valence-corrected chi connectivity index (χ1v) is 12.0. The molecule has 0 amide bonds. The van der Waals surface area contributed by atoms with E-state index in [0.717, 1.165) is 5.57 Å². The Labute approximate surface area is 213 Å². The lowest BCUT2D eigenvalue weighted by molar-refractivity contribution is -0.167. The molecule has 1 atom stereocenters. The van der Waals surface area contributed by atoms with Gasteiger partial charge < -0.3 is 33.9 Å². The Kier molecular flexibility index (Phi) is 15.9. The molecule has 0 aliphatic rings. The highest BCUT2D eigenvalue weighted by atomic mass is 16.6. The van der Waals surface area contributed by atoms with E-state index in [2.05, 4.69) is 0 Å². The van der Waals surface area contributed by atoms with Crippen LogP contribution in [0.15, 0.2) is 11.1 Å². The average Bonchev–Trinajstić information content (AvgIpc) is 2.89. The molecule has 0 radical (unpaired) electrons. The van der Waals surface area contributed by atoms with Crippen molar-refractivity contribution in [1.29, 1.82) is 0 Å². The fraction of sp³-hybridized carbons (Fsp3) is 0.760. The van der Waals surface area contributed by atoms with Crippen molar-refractivity contribution in [3.05, 3.63) is 11.1 Å². The summed E-state index contributed by atoms with van der Waals surface area (Å²) in [4.78, 5) is 47.5. The first kappa shape index (κ1) is 33.5. The number of ether oxygens (including phenoxy) is 5. The second kappa shape index (κ2) is 17.0. The van der Waals surface area contributed by atoms with Gasteiger partial charge in [0, 0.05) is 24.8 Å². The van der Waals surface area contributed by atoms with Crippen LogP contribution in [0.4, 0.5) is 0 Å². The Balaban J connectivity index is 5.64. The van der Waals surface area contributed by atoms with Crippen LogP contribution in [0.5, 0.6) is 0 Å². The normalized spacial score (nSPS) is 12.8. The van der Waals surface area contributed by atoms with Crippen LogP contribution >= 0.6 is 0 Å². The number of aliphatic hydroxyl groups excluding tert-OH is 2. The van der Waals surface area contributed by atoms with Crippen molar-refractivity contribution >= 4 is 23.9 Å². The van der Waals surface area contributed by atoms with E-state index in [1.165, 1.54) is 0 Å². The van der Waals surface area contributed by atoms with Gasteiger partial charge in [0.1, 0.15) is 26.4 Å². The summed E-state index contributed by atoms with van der Waals surface area (Å²) >= 11 is 0. The van der Waals surface area contributed by atoms with Crippen molar-refractivity contribution in [2.45, 2.75) is 60.8 Å². The fourth-order valence-electron chi connectivity index (χ4n) is 2.55. The maximum atomic E-state index is 12.3. The van der Waals surface area contributed by atoms with E-state index in [1.807, 2.05) is 0 Å². The van der Waals surface area contributed by atoms with E-state index < -0.39 is 47.9 Å². The zero-order valence-corrected chi connectivity index (χ0v) is 22.3. The van der Waals surface area contributed by atoms with Crippen molar-refractivity contribution in [2.24, 2.45) is 10.8 Å². The Morgan fingerprint density at radius 2 is 0.917 bits per heavy atom. The van der Waals surface area contributed by atoms with Crippen LogP contribution in [0.2, 0.25) is 0 Å². The summed E-state index contributed by atoms with van der Waals surface area (Å²) in [6, 6.07) is 0. The number of aliphatic hydroxyl groups is 2. The minimum atomic E-state index is -1.30. The first-order chi connectivity index (χ1) is 16.9. The minimum Gasteiger partial charge on any atom is -0.465 e. The molecule has 0 aromatic rings. The molecule has 0 spiro atoms. The van der Waals surface area contributed by atoms with E-state index >= 15 is 0 Å². The third-order valence-electron chi connectivity index (χ3n) is 5.54. The predicted octanol–water partition coefficient (Wildman–Crippen LogP) is 1.72. The number of hydrogen-bond donors (Lipinski definition) is 2. The molecular weight excluding hydrogens is 476 g/mol. The van der Waals surface area contributed by atoms with Gasteiger partial charge >= 0.3 is 23.9 Å². The Morgan fingerprint density at radius 3 is 1.19 bits per heavy atom. The van der Waals surface area contributed by atoms with Crippen molar-refractivity contribution in [3.8, 4) is 0 Å². The lowest BCUT2D eigenvalue weighted by Gasteiger charge is -2.34. The minimum absolute atomic E-state index is 0.109. The molecule has 0 heterocycles. The van der Waals surface area contributed by atoms with E-state index in [9.17, 15) is 29.4 Å². The summed E-state index contributed by atoms with van der Waals surface area (Å²) in [5.74, 6) is -2.11. The molecule has 208 valence electrons. The second-order valence-electron chi connectivity index (χ2n) is 9.05. The highest BCUT2D eigenvalue weighted by Crippen LogP contribution is 2.24. The first-order valence-electron chi connectivity index (χ1n) is 12.0. The lowest BCUT2D eigenvalue weighted by Crippen LogP contribution is -2.46. The highest BCUT2D eigenvalue weighted by Gasteiger charge is 2.38. The third-order valence-corrected chi connectivity index (χ3v) is 5.54. The molecule has 0 rings (SSSR count). The molecule has 1 unspecified atom stereocenters. The molecule has 0 aliphatic heterocycles. The number of rotatable bonds is 18. The molecular formula is C25H42O11. The van der Waals surface area contributed by atoms with Gasteiger partial charge in [-0.2, -0.15) is 0 Å². The molecule has 0 aliphatic carbocycles. The number of esters is 4. The highest BCUT2D eigenvalue weighted by molar-refractivity contribution is 5.88. The Hall–Kier alpha value is -2.50. The molecule has 0 aromatic carbocycles. The maximum Gasteiger partial charge on any atom is 0.333 e. The zero-order chi connectivity index (χ0) is 27.8. The molecule has 0 aromatic heterocycles. The van der Waals surface area contributed by atoms with Gasteiger partial charge in [0.2, 0.25) is 0 Å². The summed E-state index contributed by atoms with van der Waals surface area (Å²) in [6.07, 6.45) is 0.340. The van der Waals surface area contributed by atoms with Crippen LogP contribution in [0, 0.1) is 10.8 Å². The molecule has 11 nitrogen and oxygen atoms in total. The topological polar surface area (TPSA) is 155 Å². The summed E-state index contributed by atoms with van der Waals surface area (Å²) in [6.45, 7) is 7.24. The van der Waals surface area contributed by atoms with E-state index in [-0.39, 0.29) is 58.9 Å². The van der Waals surface area contributed by atoms with Gasteiger partial charge in [0.25, 0.3) is 0 Å². The summed E-state index contributed by atoms with van der Waals surface area (Å²) in [7, 11) is 0. The van der Waals surface area contributed by atoms with Crippen molar-refractivity contribution < 1.29 is 53.1 Å². The lowest BCUT2D eigenvalue weighted by atomic mass is 9.90. The third kappa shape index (κ3) is 12.0. The Morgan fingerprint density at radius 1 is 0.583 bits per heavy atom. The Bertz CT molecular complexity index is 735.